The van der Waals surface area contributed by atoms with Gasteiger partial charge in [0, 0.05) is 26.1 Å². The molecule has 2 amide bonds. The van der Waals surface area contributed by atoms with Crippen molar-refractivity contribution in [1.82, 2.24) is 9.80 Å². The molecule has 0 spiro atoms. The Morgan fingerprint density at radius 2 is 1.76 bits per heavy atom. The maximum Gasteiger partial charge on any atom is 0.242 e. The highest BCUT2D eigenvalue weighted by Crippen LogP contribution is 2.28. The van der Waals surface area contributed by atoms with Gasteiger partial charge in [0.2, 0.25) is 11.8 Å². The number of benzene rings is 1. The van der Waals surface area contributed by atoms with Crippen LogP contribution in [0.15, 0.2) is 41.0 Å². The Balaban J connectivity index is 2.19. The first-order valence-electron chi connectivity index (χ1n) is 11.1. The average Bonchev–Trinajstić information content (AvgIpc) is 3.36. The number of ether oxygens (including phenoxy) is 3. The van der Waals surface area contributed by atoms with Crippen molar-refractivity contribution in [3.8, 4) is 11.5 Å². The molecular weight excluding hydrogens is 460 g/mol. The first kappa shape index (κ1) is 27.5. The van der Waals surface area contributed by atoms with Crippen molar-refractivity contribution in [2.45, 2.75) is 26.8 Å². The summed E-state index contributed by atoms with van der Waals surface area (Å²) in [6.45, 7) is 4.81. The quantitative estimate of drug-likeness (QED) is 0.373. The maximum absolute atomic E-state index is 13.4. The van der Waals surface area contributed by atoms with Gasteiger partial charge in [-0.05, 0) is 50.1 Å². The molecule has 8 nitrogen and oxygen atoms in total. The molecule has 9 heteroatoms. The summed E-state index contributed by atoms with van der Waals surface area (Å²) in [6.07, 6.45) is 2.16. The summed E-state index contributed by atoms with van der Waals surface area (Å²) in [6, 6.07) is 9.28. The van der Waals surface area contributed by atoms with E-state index >= 15 is 0 Å². The van der Waals surface area contributed by atoms with E-state index in [1.165, 1.54) is 4.90 Å². The molecule has 2 rings (SSSR count). The second-order valence-electron chi connectivity index (χ2n) is 8.57. The molecule has 1 aromatic heterocycles. The Morgan fingerprint density at radius 3 is 2.35 bits per heavy atom. The van der Waals surface area contributed by atoms with Crippen LogP contribution in [0.1, 0.15) is 25.2 Å². The minimum atomic E-state index is -0.791. The monoisotopic (exact) mass is 494 g/mol. The van der Waals surface area contributed by atoms with Gasteiger partial charge in [-0.1, -0.05) is 6.07 Å². The van der Waals surface area contributed by atoms with E-state index in [0.29, 0.717) is 49.9 Å². The standard InChI is InChI=1S/C25H35ClN2O6/c1-25(2,18-26)24(30)28(12-14-31-3)17-23(29)27(16-20-7-6-13-34-20)11-10-19-8-9-21(32-4)22(15-19)33-5/h6-9,13,15H,10-12,14,16-18H2,1-5H3. The number of rotatable bonds is 14. The minimum Gasteiger partial charge on any atom is -0.493 e. The molecule has 1 aromatic carbocycles. The fraction of sp³-hybridized carbons (Fsp3) is 0.520. The summed E-state index contributed by atoms with van der Waals surface area (Å²) in [5.74, 6) is 1.71. The van der Waals surface area contributed by atoms with Gasteiger partial charge in [0.05, 0.1) is 45.6 Å². The Morgan fingerprint density at radius 1 is 1.03 bits per heavy atom. The van der Waals surface area contributed by atoms with Gasteiger partial charge < -0.3 is 28.4 Å². The van der Waals surface area contributed by atoms with Crippen LogP contribution in [0.2, 0.25) is 0 Å². The van der Waals surface area contributed by atoms with Gasteiger partial charge in [-0.25, -0.2) is 0 Å². The van der Waals surface area contributed by atoms with E-state index in [1.807, 2.05) is 24.3 Å². The van der Waals surface area contributed by atoms with Crippen LogP contribution in [0.3, 0.4) is 0 Å². The van der Waals surface area contributed by atoms with Crippen LogP contribution in [0, 0.1) is 5.41 Å². The second kappa shape index (κ2) is 13.2. The van der Waals surface area contributed by atoms with Crippen molar-refractivity contribution < 1.29 is 28.2 Å². The smallest absolute Gasteiger partial charge is 0.242 e. The van der Waals surface area contributed by atoms with Gasteiger partial charge in [0.25, 0.3) is 0 Å². The molecule has 0 aliphatic heterocycles. The van der Waals surface area contributed by atoms with Gasteiger partial charge in [-0.15, -0.1) is 11.6 Å². The number of furan rings is 1. The zero-order chi connectivity index (χ0) is 25.1. The van der Waals surface area contributed by atoms with Gasteiger partial charge in [0.1, 0.15) is 5.76 Å². The summed E-state index contributed by atoms with van der Waals surface area (Å²) in [7, 11) is 4.73. The van der Waals surface area contributed by atoms with Crippen LogP contribution >= 0.6 is 11.6 Å². The third-order valence-corrected chi connectivity index (χ3v) is 6.16. The SMILES string of the molecule is COCCN(CC(=O)N(CCc1ccc(OC)c(OC)c1)Cc1ccco1)C(=O)C(C)(C)CCl. The third-order valence-electron chi connectivity index (χ3n) is 5.49. The number of halogens is 1. The number of amides is 2. The van der Waals surface area contributed by atoms with Gasteiger partial charge in [-0.2, -0.15) is 0 Å². The fourth-order valence-corrected chi connectivity index (χ4v) is 3.50. The highest BCUT2D eigenvalue weighted by Gasteiger charge is 2.33. The van der Waals surface area contributed by atoms with Crippen molar-refractivity contribution in [3.63, 3.8) is 0 Å². The molecule has 0 saturated heterocycles. The number of alkyl halides is 1. The number of methoxy groups -OCH3 is 3. The van der Waals surface area contributed by atoms with E-state index in [-0.39, 0.29) is 24.2 Å². The minimum absolute atomic E-state index is 0.0743. The summed E-state index contributed by atoms with van der Waals surface area (Å²) in [5.41, 5.74) is 0.201. The molecule has 0 aliphatic carbocycles. The lowest BCUT2D eigenvalue weighted by atomic mass is 9.94. The first-order chi connectivity index (χ1) is 16.2. The lowest BCUT2D eigenvalue weighted by Crippen LogP contribution is -2.49. The van der Waals surface area contributed by atoms with Crippen LogP contribution in [-0.4, -0.2) is 75.1 Å². The van der Waals surface area contributed by atoms with E-state index < -0.39 is 5.41 Å². The summed E-state index contributed by atoms with van der Waals surface area (Å²) in [5, 5.41) is 0. The van der Waals surface area contributed by atoms with Crippen LogP contribution in [-0.2, 0) is 27.3 Å². The molecule has 0 fully saturated rings. The molecule has 1 heterocycles. The number of carbonyl (C=O) groups excluding carboxylic acids is 2. The zero-order valence-corrected chi connectivity index (χ0v) is 21.4. The van der Waals surface area contributed by atoms with Crippen molar-refractivity contribution in [1.29, 1.82) is 0 Å². The molecule has 188 valence electrons. The number of nitrogens with zero attached hydrogens (tertiary/aromatic N) is 2. The van der Waals surface area contributed by atoms with Crippen molar-refractivity contribution in [2.24, 2.45) is 5.41 Å². The van der Waals surface area contributed by atoms with E-state index in [2.05, 4.69) is 0 Å². The van der Waals surface area contributed by atoms with E-state index in [9.17, 15) is 9.59 Å². The summed E-state index contributed by atoms with van der Waals surface area (Å²) < 4.78 is 21.3. The predicted octanol–water partition coefficient (Wildman–Crippen LogP) is 3.61. The number of hydrogen-bond donors (Lipinski definition) is 0. The molecule has 0 atom stereocenters. The predicted molar refractivity (Wildman–Crippen MR) is 130 cm³/mol. The molecule has 0 aliphatic rings. The lowest BCUT2D eigenvalue weighted by molar-refractivity contribution is -0.146. The zero-order valence-electron chi connectivity index (χ0n) is 20.6. The second-order valence-corrected chi connectivity index (χ2v) is 8.84. The Labute approximate surface area is 206 Å². The molecule has 0 saturated carbocycles. The molecular formula is C25H35ClN2O6. The first-order valence-corrected chi connectivity index (χ1v) is 11.6. The highest BCUT2D eigenvalue weighted by atomic mass is 35.5. The topological polar surface area (TPSA) is 81.5 Å². The Kier molecular flexibility index (Phi) is 10.7. The third kappa shape index (κ3) is 7.67. The maximum atomic E-state index is 13.4. The Bertz CT molecular complexity index is 916. The molecule has 0 bridgehead atoms. The van der Waals surface area contributed by atoms with E-state index in [4.69, 9.17) is 30.2 Å². The summed E-state index contributed by atoms with van der Waals surface area (Å²) >= 11 is 6.02. The van der Waals surface area contributed by atoms with E-state index in [0.717, 1.165) is 5.56 Å². The van der Waals surface area contributed by atoms with Crippen molar-refractivity contribution in [2.75, 3.05) is 53.5 Å². The van der Waals surface area contributed by atoms with E-state index in [1.54, 1.807) is 52.4 Å². The normalized spacial score (nSPS) is 11.2. The van der Waals surface area contributed by atoms with Gasteiger partial charge in [0.15, 0.2) is 11.5 Å². The van der Waals surface area contributed by atoms with Crippen LogP contribution in [0.25, 0.3) is 0 Å². The van der Waals surface area contributed by atoms with Crippen molar-refractivity contribution >= 4 is 23.4 Å². The average molecular weight is 495 g/mol. The largest absolute Gasteiger partial charge is 0.493 e. The van der Waals surface area contributed by atoms with Crippen LogP contribution in [0.4, 0.5) is 0 Å². The molecule has 2 aromatic rings. The fourth-order valence-electron chi connectivity index (χ4n) is 3.39. The molecule has 0 N–H and O–H groups in total. The van der Waals surface area contributed by atoms with Gasteiger partial charge in [-0.3, -0.25) is 9.59 Å². The number of carbonyl (C=O) groups is 2. The lowest BCUT2D eigenvalue weighted by Gasteiger charge is -2.32. The van der Waals surface area contributed by atoms with Gasteiger partial charge >= 0.3 is 0 Å². The highest BCUT2D eigenvalue weighted by molar-refractivity contribution is 6.19. The Hall–Kier alpha value is -2.71. The number of hydrogen-bond acceptors (Lipinski definition) is 6. The molecule has 34 heavy (non-hydrogen) atoms. The van der Waals surface area contributed by atoms with Crippen LogP contribution < -0.4 is 9.47 Å². The molecule has 0 unspecified atom stereocenters. The molecule has 0 radical (unpaired) electrons. The van der Waals surface area contributed by atoms with Crippen LogP contribution in [0.5, 0.6) is 11.5 Å². The van der Waals surface area contributed by atoms with Crippen molar-refractivity contribution in [3.05, 3.63) is 47.9 Å². The summed E-state index contributed by atoms with van der Waals surface area (Å²) in [4.78, 5) is 29.6.